The summed E-state index contributed by atoms with van der Waals surface area (Å²) in [6.45, 7) is 1.65. The van der Waals surface area contributed by atoms with E-state index in [1.807, 2.05) is 24.3 Å². The molecule has 0 unspecified atom stereocenters. The van der Waals surface area contributed by atoms with Crippen LogP contribution in [0.1, 0.15) is 5.56 Å². The van der Waals surface area contributed by atoms with Gasteiger partial charge in [0.15, 0.2) is 0 Å². The van der Waals surface area contributed by atoms with Crippen LogP contribution in [-0.4, -0.2) is 16.8 Å². The highest BCUT2D eigenvalue weighted by atomic mass is 32.2. The molecule has 0 amide bonds. The van der Waals surface area contributed by atoms with Gasteiger partial charge in [-0.15, -0.1) is 0 Å². The van der Waals surface area contributed by atoms with Gasteiger partial charge < -0.3 is 0 Å². The van der Waals surface area contributed by atoms with Crippen molar-refractivity contribution in [3.8, 4) is 0 Å². The molecule has 0 bridgehead atoms. The zero-order chi connectivity index (χ0) is 22.1. The Morgan fingerprint density at radius 1 is 0.581 bits per heavy atom. The monoisotopic (exact) mass is 452 g/mol. The van der Waals surface area contributed by atoms with Crippen molar-refractivity contribution in [2.24, 2.45) is 0 Å². The van der Waals surface area contributed by atoms with Gasteiger partial charge in [0.2, 0.25) is 0 Å². The Balaban J connectivity index is 1.66. The Labute approximate surface area is 181 Å². The van der Waals surface area contributed by atoms with Gasteiger partial charge in [-0.1, -0.05) is 54.6 Å². The fourth-order valence-electron chi connectivity index (χ4n) is 3.22. The molecule has 0 fully saturated rings. The van der Waals surface area contributed by atoms with Crippen LogP contribution in [0, 0.1) is 6.92 Å². The summed E-state index contributed by atoms with van der Waals surface area (Å²) in [5, 5.41) is 1.72. The number of aryl methyl sites for hydroxylation is 1. The Hall–Kier alpha value is -3.36. The summed E-state index contributed by atoms with van der Waals surface area (Å²) in [5.74, 6) is 0. The fraction of sp³-hybridized carbons (Fsp3) is 0.0435. The smallest absolute Gasteiger partial charge is 0.262 e. The third-order valence-corrected chi connectivity index (χ3v) is 7.69. The molecule has 0 aliphatic heterocycles. The van der Waals surface area contributed by atoms with Crippen molar-refractivity contribution in [2.75, 3.05) is 9.44 Å². The van der Waals surface area contributed by atoms with Crippen molar-refractivity contribution in [1.29, 1.82) is 0 Å². The van der Waals surface area contributed by atoms with Gasteiger partial charge in [0, 0.05) is 5.69 Å². The summed E-state index contributed by atoms with van der Waals surface area (Å²) >= 11 is 0. The molecular formula is C23H20N2O4S2. The van der Waals surface area contributed by atoms with Gasteiger partial charge in [0.05, 0.1) is 15.5 Å². The molecule has 0 heterocycles. The quantitative estimate of drug-likeness (QED) is 0.442. The molecular weight excluding hydrogens is 432 g/mol. The highest BCUT2D eigenvalue weighted by Crippen LogP contribution is 2.26. The highest BCUT2D eigenvalue weighted by molar-refractivity contribution is 7.93. The third kappa shape index (κ3) is 4.55. The molecule has 0 atom stereocenters. The van der Waals surface area contributed by atoms with Gasteiger partial charge in [-0.05, 0) is 59.7 Å². The number of para-hydroxylation sites is 1. The average molecular weight is 453 g/mol. The van der Waals surface area contributed by atoms with E-state index in [4.69, 9.17) is 0 Å². The number of benzene rings is 4. The number of anilines is 2. The molecule has 0 saturated heterocycles. The lowest BCUT2D eigenvalue weighted by Gasteiger charge is -2.14. The van der Waals surface area contributed by atoms with Crippen LogP contribution in [0.25, 0.3) is 10.8 Å². The molecule has 0 saturated carbocycles. The standard InChI is InChI=1S/C23H20N2O4S2/c1-17-11-13-21(16-23(17)31(28,29)24-20-9-3-2-4-10-20)25-30(26,27)22-14-12-18-7-5-6-8-19(18)15-22/h2-16,24-25H,1H3. The minimum Gasteiger partial charge on any atom is -0.280 e. The van der Waals surface area contributed by atoms with Gasteiger partial charge in [0.25, 0.3) is 20.0 Å². The minimum absolute atomic E-state index is 0.00457. The molecule has 4 rings (SSSR count). The molecule has 6 nitrogen and oxygen atoms in total. The normalized spacial score (nSPS) is 11.9. The van der Waals surface area contributed by atoms with Gasteiger partial charge in [-0.25, -0.2) is 16.8 Å². The maximum Gasteiger partial charge on any atom is 0.262 e. The Morgan fingerprint density at radius 3 is 1.97 bits per heavy atom. The predicted molar refractivity (Wildman–Crippen MR) is 123 cm³/mol. The molecule has 0 aromatic heterocycles. The summed E-state index contributed by atoms with van der Waals surface area (Å²) in [7, 11) is -7.80. The molecule has 4 aromatic carbocycles. The number of fused-ring (bicyclic) bond motifs is 1. The Bertz CT molecular complexity index is 1470. The number of sulfonamides is 2. The highest BCUT2D eigenvalue weighted by Gasteiger charge is 2.20. The minimum atomic E-state index is -3.90. The Kier molecular flexibility index (Phi) is 5.43. The third-order valence-electron chi connectivity index (χ3n) is 4.79. The summed E-state index contributed by atoms with van der Waals surface area (Å²) in [6, 6.07) is 25.2. The number of hydrogen-bond donors (Lipinski definition) is 2. The van der Waals surface area contributed by atoms with Crippen LogP contribution in [-0.2, 0) is 20.0 Å². The van der Waals surface area contributed by atoms with Gasteiger partial charge >= 0.3 is 0 Å². The second kappa shape index (κ2) is 8.05. The first-order valence-corrected chi connectivity index (χ1v) is 12.4. The van der Waals surface area contributed by atoms with Crippen molar-refractivity contribution in [1.82, 2.24) is 0 Å². The molecule has 0 aliphatic carbocycles. The van der Waals surface area contributed by atoms with Crippen molar-refractivity contribution in [3.05, 3.63) is 96.6 Å². The van der Waals surface area contributed by atoms with Gasteiger partial charge in [0.1, 0.15) is 0 Å². The van der Waals surface area contributed by atoms with Crippen LogP contribution < -0.4 is 9.44 Å². The summed E-state index contributed by atoms with van der Waals surface area (Å²) < 4.78 is 56.5. The van der Waals surface area contributed by atoms with E-state index in [0.29, 0.717) is 11.3 Å². The first-order chi connectivity index (χ1) is 14.7. The fourth-order valence-corrected chi connectivity index (χ4v) is 5.63. The van der Waals surface area contributed by atoms with E-state index in [9.17, 15) is 16.8 Å². The molecule has 158 valence electrons. The van der Waals surface area contributed by atoms with E-state index in [0.717, 1.165) is 10.8 Å². The SMILES string of the molecule is Cc1ccc(NS(=O)(=O)c2ccc3ccccc3c2)cc1S(=O)(=O)Nc1ccccc1. The second-order valence-corrected chi connectivity index (χ2v) is 10.4. The van der Waals surface area contributed by atoms with E-state index >= 15 is 0 Å². The van der Waals surface area contributed by atoms with E-state index in [1.165, 1.54) is 18.2 Å². The van der Waals surface area contributed by atoms with Crippen molar-refractivity contribution in [2.45, 2.75) is 16.7 Å². The topological polar surface area (TPSA) is 92.3 Å². The van der Waals surface area contributed by atoms with Crippen LogP contribution in [0.5, 0.6) is 0 Å². The van der Waals surface area contributed by atoms with Crippen LogP contribution >= 0.6 is 0 Å². The maximum atomic E-state index is 12.9. The molecule has 2 N–H and O–H groups in total. The molecule has 4 aromatic rings. The predicted octanol–water partition coefficient (Wildman–Crippen LogP) is 4.75. The number of rotatable bonds is 6. The van der Waals surface area contributed by atoms with Crippen molar-refractivity contribution < 1.29 is 16.8 Å². The zero-order valence-electron chi connectivity index (χ0n) is 16.6. The van der Waals surface area contributed by atoms with Crippen LogP contribution in [0.4, 0.5) is 11.4 Å². The van der Waals surface area contributed by atoms with Gasteiger partial charge in [-0.2, -0.15) is 0 Å². The second-order valence-electron chi connectivity index (χ2n) is 7.07. The van der Waals surface area contributed by atoms with Crippen LogP contribution in [0.3, 0.4) is 0 Å². The number of hydrogen-bond acceptors (Lipinski definition) is 4. The first-order valence-electron chi connectivity index (χ1n) is 9.45. The van der Waals surface area contributed by atoms with E-state index in [2.05, 4.69) is 9.44 Å². The van der Waals surface area contributed by atoms with E-state index < -0.39 is 20.0 Å². The molecule has 31 heavy (non-hydrogen) atoms. The summed E-state index contributed by atoms with van der Waals surface area (Å²) in [4.78, 5) is 0.0913. The summed E-state index contributed by atoms with van der Waals surface area (Å²) in [5.41, 5.74) is 1.08. The lowest BCUT2D eigenvalue weighted by atomic mass is 10.1. The largest absolute Gasteiger partial charge is 0.280 e. The first kappa shape index (κ1) is 20.9. The maximum absolute atomic E-state index is 12.9. The molecule has 0 spiro atoms. The van der Waals surface area contributed by atoms with Crippen molar-refractivity contribution >= 4 is 42.2 Å². The molecule has 8 heteroatoms. The lowest BCUT2D eigenvalue weighted by Crippen LogP contribution is -2.16. The molecule has 0 radical (unpaired) electrons. The van der Waals surface area contributed by atoms with Crippen molar-refractivity contribution in [3.63, 3.8) is 0 Å². The average Bonchev–Trinajstić information content (AvgIpc) is 2.75. The van der Waals surface area contributed by atoms with E-state index in [1.54, 1.807) is 55.5 Å². The van der Waals surface area contributed by atoms with Crippen LogP contribution in [0.2, 0.25) is 0 Å². The zero-order valence-corrected chi connectivity index (χ0v) is 18.2. The Morgan fingerprint density at radius 2 is 1.23 bits per heavy atom. The summed E-state index contributed by atoms with van der Waals surface area (Å²) in [6.07, 6.45) is 0. The lowest BCUT2D eigenvalue weighted by molar-refractivity contribution is 0.598. The van der Waals surface area contributed by atoms with Crippen LogP contribution in [0.15, 0.2) is 101 Å². The number of nitrogens with one attached hydrogen (secondary N) is 2. The molecule has 0 aliphatic rings. The van der Waals surface area contributed by atoms with Gasteiger partial charge in [-0.3, -0.25) is 9.44 Å². The van der Waals surface area contributed by atoms with E-state index in [-0.39, 0.29) is 15.5 Å².